The van der Waals surface area contributed by atoms with Crippen molar-refractivity contribution in [1.82, 2.24) is 15.4 Å². The Labute approximate surface area is 162 Å². The van der Waals surface area contributed by atoms with Gasteiger partial charge in [-0.1, -0.05) is 43.7 Å². The maximum absolute atomic E-state index is 13.3. The number of carbonyl (C=O) groups is 2. The van der Waals surface area contributed by atoms with Crippen molar-refractivity contribution in [3.63, 3.8) is 0 Å². The van der Waals surface area contributed by atoms with Crippen LogP contribution in [0.4, 0.5) is 0 Å². The predicted octanol–water partition coefficient (Wildman–Crippen LogP) is 4.31. The van der Waals surface area contributed by atoms with Crippen LogP contribution in [-0.4, -0.2) is 39.5 Å². The minimum atomic E-state index is -0.365. The molecule has 2 aliphatic rings. The van der Waals surface area contributed by atoms with Crippen LogP contribution >= 0.6 is 0 Å². The second-order valence-electron chi connectivity index (χ2n) is 9.08. The summed E-state index contributed by atoms with van der Waals surface area (Å²) >= 11 is 0. The first-order valence-electron chi connectivity index (χ1n) is 10.5. The molecular weight excluding hydrogens is 342 g/mol. The first kappa shape index (κ1) is 19.9. The van der Waals surface area contributed by atoms with Crippen LogP contribution in [0.5, 0.6) is 0 Å². The number of amides is 2. The molecule has 3 rings (SSSR count). The van der Waals surface area contributed by atoms with Gasteiger partial charge in [-0.15, -0.1) is 0 Å². The highest BCUT2D eigenvalue weighted by atomic mass is 16.5. The lowest BCUT2D eigenvalue weighted by Gasteiger charge is -2.41. The Kier molecular flexibility index (Phi) is 6.22. The molecule has 0 atom stereocenters. The van der Waals surface area contributed by atoms with E-state index in [0.29, 0.717) is 0 Å². The van der Waals surface area contributed by atoms with Gasteiger partial charge in [0.2, 0.25) is 5.76 Å². The van der Waals surface area contributed by atoms with E-state index < -0.39 is 0 Å². The highest BCUT2D eigenvalue weighted by molar-refractivity contribution is 5.97. The molecular formula is C21H33N3O3. The molecule has 1 N–H and O–H groups in total. The summed E-state index contributed by atoms with van der Waals surface area (Å²) in [6.45, 7) is 5.72. The second-order valence-corrected chi connectivity index (χ2v) is 9.08. The fourth-order valence-corrected chi connectivity index (χ4v) is 4.36. The maximum Gasteiger partial charge on any atom is 0.292 e. The van der Waals surface area contributed by atoms with Crippen molar-refractivity contribution in [3.05, 3.63) is 17.5 Å². The largest absolute Gasteiger partial charge is 0.350 e. The standard InChI is InChI=1S/C21H33N3O3/c1-21(2,3)22-19(25)17-14-18(27-23-17)20(26)24(15-10-6-4-7-11-15)16-12-8-5-9-13-16/h14-16H,4-13H2,1-3H3,(H,22,25). The van der Waals surface area contributed by atoms with E-state index in [4.69, 9.17) is 4.52 Å². The minimum absolute atomic E-state index is 0.101. The lowest BCUT2D eigenvalue weighted by atomic mass is 9.88. The molecule has 6 nitrogen and oxygen atoms in total. The molecule has 0 saturated heterocycles. The number of carbonyl (C=O) groups excluding carboxylic acids is 2. The topological polar surface area (TPSA) is 75.4 Å². The van der Waals surface area contributed by atoms with Gasteiger partial charge < -0.3 is 14.7 Å². The molecule has 2 aliphatic carbocycles. The minimum Gasteiger partial charge on any atom is -0.350 e. The van der Waals surface area contributed by atoms with Crippen LogP contribution in [0.15, 0.2) is 10.6 Å². The zero-order valence-corrected chi connectivity index (χ0v) is 16.9. The van der Waals surface area contributed by atoms with Crippen molar-refractivity contribution in [2.75, 3.05) is 0 Å². The van der Waals surface area contributed by atoms with Crippen LogP contribution < -0.4 is 5.32 Å². The molecule has 1 aromatic rings. The fraction of sp³-hybridized carbons (Fsp3) is 0.762. The lowest BCUT2D eigenvalue weighted by molar-refractivity contribution is 0.0408. The summed E-state index contributed by atoms with van der Waals surface area (Å²) in [5.74, 6) is -0.228. The third-order valence-corrected chi connectivity index (χ3v) is 5.61. The third-order valence-electron chi connectivity index (χ3n) is 5.61. The van der Waals surface area contributed by atoms with Gasteiger partial charge in [-0.05, 0) is 46.5 Å². The molecule has 0 aromatic carbocycles. The molecule has 2 saturated carbocycles. The first-order chi connectivity index (χ1) is 12.8. The van der Waals surface area contributed by atoms with Crippen LogP contribution in [0.1, 0.15) is 106 Å². The highest BCUT2D eigenvalue weighted by Gasteiger charge is 2.35. The molecule has 0 spiro atoms. The Bertz CT molecular complexity index is 632. The highest BCUT2D eigenvalue weighted by Crippen LogP contribution is 2.31. The molecule has 2 fully saturated rings. The summed E-state index contributed by atoms with van der Waals surface area (Å²) in [4.78, 5) is 27.7. The Morgan fingerprint density at radius 2 is 1.52 bits per heavy atom. The van der Waals surface area contributed by atoms with E-state index in [-0.39, 0.29) is 40.9 Å². The van der Waals surface area contributed by atoms with Gasteiger partial charge in [0.1, 0.15) is 0 Å². The first-order valence-corrected chi connectivity index (χ1v) is 10.5. The van der Waals surface area contributed by atoms with Crippen molar-refractivity contribution in [2.45, 2.75) is 103 Å². The van der Waals surface area contributed by atoms with E-state index in [9.17, 15) is 9.59 Å². The maximum atomic E-state index is 13.3. The van der Waals surface area contributed by atoms with Crippen LogP contribution in [0, 0.1) is 0 Å². The molecule has 1 heterocycles. The summed E-state index contributed by atoms with van der Waals surface area (Å²) < 4.78 is 5.32. The van der Waals surface area contributed by atoms with Gasteiger partial charge >= 0.3 is 0 Å². The number of hydrogen-bond acceptors (Lipinski definition) is 4. The van der Waals surface area contributed by atoms with Crippen molar-refractivity contribution in [3.8, 4) is 0 Å². The van der Waals surface area contributed by atoms with Gasteiger partial charge in [-0.2, -0.15) is 0 Å². The molecule has 1 aromatic heterocycles. The summed E-state index contributed by atoms with van der Waals surface area (Å²) in [5.41, 5.74) is -0.198. The van der Waals surface area contributed by atoms with Gasteiger partial charge in [0.15, 0.2) is 5.69 Å². The monoisotopic (exact) mass is 375 g/mol. The molecule has 2 amide bonds. The third kappa shape index (κ3) is 5.11. The molecule has 6 heteroatoms. The van der Waals surface area contributed by atoms with E-state index in [1.807, 2.05) is 20.8 Å². The predicted molar refractivity (Wildman–Crippen MR) is 104 cm³/mol. The van der Waals surface area contributed by atoms with Crippen LogP contribution in [0.3, 0.4) is 0 Å². The summed E-state index contributed by atoms with van der Waals surface area (Å²) in [7, 11) is 0. The quantitative estimate of drug-likeness (QED) is 0.851. The van der Waals surface area contributed by atoms with Crippen LogP contribution in [0.2, 0.25) is 0 Å². The Balaban J connectivity index is 1.78. The van der Waals surface area contributed by atoms with Crippen LogP contribution in [-0.2, 0) is 0 Å². The zero-order valence-electron chi connectivity index (χ0n) is 16.9. The fourth-order valence-electron chi connectivity index (χ4n) is 4.36. The van der Waals surface area contributed by atoms with E-state index in [1.165, 1.54) is 44.6 Å². The summed E-state index contributed by atoms with van der Waals surface area (Å²) in [6, 6.07) is 2.07. The normalized spacial score (nSPS) is 19.7. The lowest BCUT2D eigenvalue weighted by Crippen LogP contribution is -2.48. The number of nitrogens with one attached hydrogen (secondary N) is 1. The molecule has 0 unspecified atom stereocenters. The molecule has 0 aliphatic heterocycles. The molecule has 0 bridgehead atoms. The van der Waals surface area contributed by atoms with Gasteiger partial charge in [-0.3, -0.25) is 9.59 Å². The zero-order chi connectivity index (χ0) is 19.4. The van der Waals surface area contributed by atoms with Gasteiger partial charge in [0, 0.05) is 23.7 Å². The molecule has 150 valence electrons. The summed E-state index contributed by atoms with van der Waals surface area (Å²) in [6.07, 6.45) is 11.5. The Hall–Kier alpha value is -1.85. The number of rotatable bonds is 4. The van der Waals surface area contributed by atoms with Gasteiger partial charge in [0.25, 0.3) is 11.8 Å². The van der Waals surface area contributed by atoms with E-state index in [0.717, 1.165) is 25.7 Å². The number of nitrogens with zero attached hydrogens (tertiary/aromatic N) is 2. The summed E-state index contributed by atoms with van der Waals surface area (Å²) in [5, 5.41) is 6.72. The van der Waals surface area contributed by atoms with E-state index in [2.05, 4.69) is 15.4 Å². The van der Waals surface area contributed by atoms with E-state index >= 15 is 0 Å². The Morgan fingerprint density at radius 1 is 1.00 bits per heavy atom. The van der Waals surface area contributed by atoms with Crippen LogP contribution in [0.25, 0.3) is 0 Å². The van der Waals surface area contributed by atoms with Crippen molar-refractivity contribution in [1.29, 1.82) is 0 Å². The number of hydrogen-bond donors (Lipinski definition) is 1. The van der Waals surface area contributed by atoms with Crippen molar-refractivity contribution < 1.29 is 14.1 Å². The molecule has 0 radical (unpaired) electrons. The van der Waals surface area contributed by atoms with Gasteiger partial charge in [0.05, 0.1) is 0 Å². The molecule has 27 heavy (non-hydrogen) atoms. The Morgan fingerprint density at radius 3 is 2.00 bits per heavy atom. The van der Waals surface area contributed by atoms with E-state index in [1.54, 1.807) is 0 Å². The second kappa shape index (κ2) is 8.44. The van der Waals surface area contributed by atoms with Crippen molar-refractivity contribution >= 4 is 11.8 Å². The SMILES string of the molecule is CC(C)(C)NC(=O)c1cc(C(=O)N(C2CCCCC2)C2CCCCC2)on1. The van der Waals surface area contributed by atoms with Crippen molar-refractivity contribution in [2.24, 2.45) is 0 Å². The smallest absolute Gasteiger partial charge is 0.292 e. The average Bonchev–Trinajstić information content (AvgIpc) is 3.13. The number of aromatic nitrogens is 1. The average molecular weight is 376 g/mol. The van der Waals surface area contributed by atoms with Gasteiger partial charge in [-0.25, -0.2) is 0 Å².